The van der Waals surface area contributed by atoms with Gasteiger partial charge < -0.3 is 14.8 Å². The second-order valence-corrected chi connectivity index (χ2v) is 7.01. The predicted molar refractivity (Wildman–Crippen MR) is 117 cm³/mol. The van der Waals surface area contributed by atoms with Crippen LogP contribution in [0.25, 0.3) is 10.9 Å². The summed E-state index contributed by atoms with van der Waals surface area (Å²) < 4.78 is 10.6. The Kier molecular flexibility index (Phi) is 6.76. The molecule has 0 spiro atoms. The molecule has 0 bridgehead atoms. The van der Waals surface area contributed by atoms with Crippen LogP contribution in [0.2, 0.25) is 5.02 Å². The number of nitrogens with one attached hydrogen (secondary N) is 1. The Bertz CT molecular complexity index is 1140. The van der Waals surface area contributed by atoms with Crippen LogP contribution in [-0.4, -0.2) is 24.7 Å². The van der Waals surface area contributed by atoms with E-state index in [-0.39, 0.29) is 6.61 Å². The Balaban J connectivity index is 2.16. The fourth-order valence-corrected chi connectivity index (χ4v) is 3.53. The van der Waals surface area contributed by atoms with Crippen molar-refractivity contribution in [2.24, 2.45) is 0 Å². The Morgan fingerprint density at radius 1 is 1.23 bits per heavy atom. The van der Waals surface area contributed by atoms with Crippen LogP contribution in [0.1, 0.15) is 40.9 Å². The third-order valence-electron chi connectivity index (χ3n) is 4.75. The van der Waals surface area contributed by atoms with Gasteiger partial charge in [0.2, 0.25) is 0 Å². The van der Waals surface area contributed by atoms with Gasteiger partial charge in [0.15, 0.2) is 0 Å². The molecule has 0 atom stereocenters. The van der Waals surface area contributed by atoms with Gasteiger partial charge in [-0.1, -0.05) is 18.5 Å². The second-order valence-electron chi connectivity index (χ2n) is 6.57. The van der Waals surface area contributed by atoms with Crippen LogP contribution >= 0.6 is 11.6 Å². The molecule has 6 nitrogen and oxygen atoms in total. The molecule has 3 aromatic rings. The molecule has 0 aliphatic carbocycles. The van der Waals surface area contributed by atoms with Gasteiger partial charge in [-0.3, -0.25) is 4.98 Å². The number of carbonyl (C=O) groups is 1. The van der Waals surface area contributed by atoms with Crippen LogP contribution in [0.3, 0.4) is 0 Å². The van der Waals surface area contributed by atoms with Gasteiger partial charge >= 0.3 is 5.97 Å². The summed E-state index contributed by atoms with van der Waals surface area (Å²) in [5.74, 6) is 0.197. The van der Waals surface area contributed by atoms with E-state index in [2.05, 4.69) is 16.4 Å². The predicted octanol–water partition coefficient (Wildman–Crippen LogP) is 5.12. The van der Waals surface area contributed by atoms with Crippen molar-refractivity contribution in [3.05, 3.63) is 63.8 Å². The van der Waals surface area contributed by atoms with Crippen molar-refractivity contribution in [2.45, 2.75) is 26.8 Å². The summed E-state index contributed by atoms with van der Waals surface area (Å²) in [5.41, 5.74) is 3.88. The number of rotatable bonds is 7. The number of hydrogen-bond acceptors (Lipinski definition) is 6. The molecule has 0 fully saturated rings. The van der Waals surface area contributed by atoms with Crippen LogP contribution in [0.15, 0.2) is 36.5 Å². The van der Waals surface area contributed by atoms with Crippen molar-refractivity contribution in [2.75, 3.05) is 19.0 Å². The maximum absolute atomic E-state index is 12.6. The van der Waals surface area contributed by atoms with Crippen molar-refractivity contribution < 1.29 is 14.3 Å². The molecule has 1 heterocycles. The van der Waals surface area contributed by atoms with Gasteiger partial charge in [0.1, 0.15) is 11.3 Å². The summed E-state index contributed by atoms with van der Waals surface area (Å²) >= 11 is 6.15. The Morgan fingerprint density at radius 3 is 2.70 bits per heavy atom. The Morgan fingerprint density at radius 2 is 2.03 bits per heavy atom. The molecule has 1 N–H and O–H groups in total. The minimum Gasteiger partial charge on any atom is -0.496 e. The number of aromatic nitrogens is 1. The molecular weight excluding hydrogens is 402 g/mol. The highest BCUT2D eigenvalue weighted by Gasteiger charge is 2.19. The molecule has 0 unspecified atom stereocenters. The highest BCUT2D eigenvalue weighted by Crippen LogP contribution is 2.32. The third-order valence-corrected chi connectivity index (χ3v) is 4.99. The first-order valence-corrected chi connectivity index (χ1v) is 9.99. The number of esters is 1. The zero-order valence-corrected chi connectivity index (χ0v) is 17.8. The minimum absolute atomic E-state index is 0.247. The van der Waals surface area contributed by atoms with E-state index >= 15 is 0 Å². The lowest BCUT2D eigenvalue weighted by atomic mass is 10.0. The van der Waals surface area contributed by atoms with Crippen LogP contribution in [0.5, 0.6) is 5.75 Å². The van der Waals surface area contributed by atoms with E-state index in [0.717, 1.165) is 16.6 Å². The molecule has 154 valence electrons. The monoisotopic (exact) mass is 423 g/mol. The number of hydrogen-bond donors (Lipinski definition) is 1. The molecule has 0 aliphatic heterocycles. The van der Waals surface area contributed by atoms with Gasteiger partial charge in [0.25, 0.3) is 0 Å². The standard InChI is InChI=1S/C23H22ClN3O3/c1-4-15-8-14(11-25)9-18-21(15)27-13-19(23(28)30-5-2)22(18)26-12-16-10-17(24)6-7-20(16)29-3/h6-10,13H,4-5,12H2,1-3H3,(H,26,27). The lowest BCUT2D eigenvalue weighted by Crippen LogP contribution is -2.12. The maximum Gasteiger partial charge on any atom is 0.341 e. The van der Waals surface area contributed by atoms with Crippen molar-refractivity contribution in [3.63, 3.8) is 0 Å². The van der Waals surface area contributed by atoms with E-state index in [9.17, 15) is 10.1 Å². The fourth-order valence-electron chi connectivity index (χ4n) is 3.33. The molecule has 0 aliphatic rings. The molecule has 0 saturated carbocycles. The van der Waals surface area contributed by atoms with Crippen molar-refractivity contribution in [1.29, 1.82) is 5.26 Å². The largest absolute Gasteiger partial charge is 0.496 e. The first-order chi connectivity index (χ1) is 14.5. The molecule has 1 aromatic heterocycles. The number of nitrogens with zero attached hydrogens (tertiary/aromatic N) is 2. The summed E-state index contributed by atoms with van der Waals surface area (Å²) in [4.78, 5) is 17.1. The van der Waals surface area contributed by atoms with Crippen molar-refractivity contribution >= 4 is 34.2 Å². The highest BCUT2D eigenvalue weighted by molar-refractivity contribution is 6.30. The van der Waals surface area contributed by atoms with Gasteiger partial charge in [-0.05, 0) is 49.2 Å². The first kappa shape index (κ1) is 21.4. The topological polar surface area (TPSA) is 84.2 Å². The van der Waals surface area contributed by atoms with Gasteiger partial charge in [-0.25, -0.2) is 4.79 Å². The van der Waals surface area contributed by atoms with Crippen LogP contribution < -0.4 is 10.1 Å². The lowest BCUT2D eigenvalue weighted by Gasteiger charge is -2.17. The number of halogens is 1. The van der Waals surface area contributed by atoms with Crippen molar-refractivity contribution in [3.8, 4) is 11.8 Å². The smallest absolute Gasteiger partial charge is 0.341 e. The van der Waals surface area contributed by atoms with E-state index in [1.165, 1.54) is 6.20 Å². The quantitative estimate of drug-likeness (QED) is 0.531. The summed E-state index contributed by atoms with van der Waals surface area (Å²) in [6.07, 6.45) is 2.22. The lowest BCUT2D eigenvalue weighted by molar-refractivity contribution is 0.0527. The number of methoxy groups -OCH3 is 1. The molecule has 2 aromatic carbocycles. The number of aryl methyl sites for hydroxylation is 1. The summed E-state index contributed by atoms with van der Waals surface area (Å²) in [7, 11) is 1.59. The zero-order chi connectivity index (χ0) is 21.7. The number of carbonyl (C=O) groups excluding carboxylic acids is 1. The number of benzene rings is 2. The summed E-state index contributed by atoms with van der Waals surface area (Å²) in [6.45, 7) is 4.35. The van der Waals surface area contributed by atoms with Crippen molar-refractivity contribution in [1.82, 2.24) is 4.98 Å². The Labute approximate surface area is 180 Å². The fraction of sp³-hybridized carbons (Fsp3) is 0.261. The number of fused-ring (bicyclic) bond motifs is 1. The van der Waals surface area contributed by atoms with Crippen LogP contribution in [-0.2, 0) is 17.7 Å². The number of anilines is 1. The number of nitriles is 1. The van der Waals surface area contributed by atoms with E-state index < -0.39 is 5.97 Å². The second kappa shape index (κ2) is 9.47. The van der Waals surface area contributed by atoms with E-state index in [1.54, 1.807) is 38.3 Å². The van der Waals surface area contributed by atoms with E-state index in [4.69, 9.17) is 21.1 Å². The maximum atomic E-state index is 12.6. The first-order valence-electron chi connectivity index (χ1n) is 9.61. The minimum atomic E-state index is -0.479. The van der Waals surface area contributed by atoms with E-state index in [1.807, 2.05) is 13.0 Å². The van der Waals surface area contributed by atoms with Gasteiger partial charge in [0.05, 0.1) is 36.6 Å². The van der Waals surface area contributed by atoms with Gasteiger partial charge in [-0.2, -0.15) is 5.26 Å². The molecule has 0 amide bonds. The summed E-state index contributed by atoms with van der Waals surface area (Å²) in [5, 5.41) is 14.1. The highest BCUT2D eigenvalue weighted by atomic mass is 35.5. The molecule has 0 radical (unpaired) electrons. The van der Waals surface area contributed by atoms with Crippen LogP contribution in [0.4, 0.5) is 5.69 Å². The molecule has 0 saturated heterocycles. The van der Waals surface area contributed by atoms with Gasteiger partial charge in [0, 0.05) is 28.7 Å². The van der Waals surface area contributed by atoms with E-state index in [0.29, 0.717) is 45.9 Å². The Hall–Kier alpha value is -3.30. The third kappa shape index (κ3) is 4.32. The molecule has 7 heteroatoms. The summed E-state index contributed by atoms with van der Waals surface area (Å²) in [6, 6.07) is 11.1. The average Bonchev–Trinajstić information content (AvgIpc) is 2.76. The normalized spacial score (nSPS) is 10.5. The molecular formula is C23H22ClN3O3. The SMILES string of the molecule is CCOC(=O)c1cnc2c(CC)cc(C#N)cc2c1NCc1cc(Cl)ccc1OC. The average molecular weight is 424 g/mol. The zero-order valence-electron chi connectivity index (χ0n) is 17.1. The van der Waals surface area contributed by atoms with Gasteiger partial charge in [-0.15, -0.1) is 0 Å². The number of ether oxygens (including phenoxy) is 2. The van der Waals surface area contributed by atoms with Crippen LogP contribution in [0, 0.1) is 11.3 Å². The molecule has 30 heavy (non-hydrogen) atoms. The molecule has 3 rings (SSSR count). The number of pyridine rings is 1.